The van der Waals surface area contributed by atoms with E-state index >= 15 is 0 Å². The minimum absolute atomic E-state index is 0.0373. The van der Waals surface area contributed by atoms with Gasteiger partial charge in [-0.2, -0.15) is 0 Å². The summed E-state index contributed by atoms with van der Waals surface area (Å²) < 4.78 is 0. The molecule has 0 unspecified atom stereocenters. The minimum Gasteiger partial charge on any atom is -0.481 e. The van der Waals surface area contributed by atoms with E-state index in [-0.39, 0.29) is 6.42 Å². The summed E-state index contributed by atoms with van der Waals surface area (Å²) >= 11 is 0. The van der Waals surface area contributed by atoms with Crippen LogP contribution >= 0.6 is 0 Å². The summed E-state index contributed by atoms with van der Waals surface area (Å²) in [6.07, 6.45) is 0.0373. The zero-order chi connectivity index (χ0) is 13.1. The van der Waals surface area contributed by atoms with Crippen molar-refractivity contribution in [3.05, 3.63) is 23.8 Å². The molecule has 5 heteroatoms. The number of aromatic nitrogens is 2. The molecule has 1 aromatic heterocycles. The number of nitrogens with one attached hydrogen (secondary N) is 1. The first-order valence-electron chi connectivity index (χ1n) is 6.09. The second-order valence-corrected chi connectivity index (χ2v) is 4.15. The lowest BCUT2D eigenvalue weighted by Crippen LogP contribution is -2.22. The van der Waals surface area contributed by atoms with Gasteiger partial charge in [-0.15, -0.1) is 0 Å². The van der Waals surface area contributed by atoms with E-state index in [0.717, 1.165) is 35.6 Å². The zero-order valence-electron chi connectivity index (χ0n) is 10.6. The first-order valence-corrected chi connectivity index (χ1v) is 6.09. The molecule has 0 spiro atoms. The van der Waals surface area contributed by atoms with Crippen LogP contribution in [0.3, 0.4) is 0 Å². The van der Waals surface area contributed by atoms with E-state index in [1.807, 2.05) is 18.2 Å². The van der Waals surface area contributed by atoms with E-state index in [4.69, 9.17) is 5.11 Å². The number of anilines is 1. The molecule has 2 N–H and O–H groups in total. The number of fused-ring (bicyclic) bond motifs is 1. The topological polar surface area (TPSA) is 69.2 Å². The Morgan fingerprint density at radius 2 is 2.11 bits per heavy atom. The highest BCUT2D eigenvalue weighted by atomic mass is 16.4. The van der Waals surface area contributed by atoms with Crippen molar-refractivity contribution in [2.45, 2.75) is 20.3 Å². The smallest absolute Gasteiger partial charge is 0.307 e. The largest absolute Gasteiger partial charge is 0.481 e. The molecule has 18 heavy (non-hydrogen) atoms. The van der Waals surface area contributed by atoms with Crippen molar-refractivity contribution in [1.82, 2.24) is 9.97 Å². The number of imidazole rings is 1. The SMILES string of the molecule is CCN(CC)c1nc2ccc(CC(=O)O)cc2[nH]1. The third kappa shape index (κ3) is 2.45. The maximum Gasteiger partial charge on any atom is 0.307 e. The Balaban J connectivity index is 2.36. The van der Waals surface area contributed by atoms with Gasteiger partial charge in [0.2, 0.25) is 5.95 Å². The van der Waals surface area contributed by atoms with E-state index in [0.29, 0.717) is 0 Å². The molecule has 0 saturated carbocycles. The monoisotopic (exact) mass is 247 g/mol. The number of aromatic amines is 1. The predicted octanol–water partition coefficient (Wildman–Crippen LogP) is 2.04. The molecule has 2 aromatic rings. The van der Waals surface area contributed by atoms with Crippen molar-refractivity contribution in [3.63, 3.8) is 0 Å². The molecule has 0 saturated heterocycles. The maximum atomic E-state index is 10.7. The fourth-order valence-electron chi connectivity index (χ4n) is 2.00. The number of rotatable bonds is 5. The number of hydrogen-bond acceptors (Lipinski definition) is 3. The predicted molar refractivity (Wildman–Crippen MR) is 71.0 cm³/mol. The Labute approximate surface area is 105 Å². The number of H-pyrrole nitrogens is 1. The summed E-state index contributed by atoms with van der Waals surface area (Å²) in [5.41, 5.74) is 2.53. The average Bonchev–Trinajstić information content (AvgIpc) is 2.72. The van der Waals surface area contributed by atoms with Gasteiger partial charge in [0.25, 0.3) is 0 Å². The number of benzene rings is 1. The molecular formula is C13H17N3O2. The third-order valence-electron chi connectivity index (χ3n) is 2.95. The van der Waals surface area contributed by atoms with Crippen LogP contribution in [0.1, 0.15) is 19.4 Å². The molecule has 96 valence electrons. The maximum absolute atomic E-state index is 10.7. The quantitative estimate of drug-likeness (QED) is 0.848. The number of carbonyl (C=O) groups is 1. The normalized spacial score (nSPS) is 10.8. The van der Waals surface area contributed by atoms with Crippen molar-refractivity contribution >= 4 is 23.0 Å². The fraction of sp³-hybridized carbons (Fsp3) is 0.385. The van der Waals surface area contributed by atoms with Crippen LogP contribution in [-0.2, 0) is 11.2 Å². The van der Waals surface area contributed by atoms with E-state index in [9.17, 15) is 4.79 Å². The van der Waals surface area contributed by atoms with E-state index in [1.54, 1.807) is 0 Å². The molecular weight excluding hydrogens is 230 g/mol. The van der Waals surface area contributed by atoms with Crippen LogP contribution in [-0.4, -0.2) is 34.1 Å². The van der Waals surface area contributed by atoms with Gasteiger partial charge in [-0.05, 0) is 31.5 Å². The van der Waals surface area contributed by atoms with Gasteiger partial charge in [0, 0.05) is 13.1 Å². The van der Waals surface area contributed by atoms with E-state index in [2.05, 4.69) is 28.7 Å². The fourth-order valence-corrected chi connectivity index (χ4v) is 2.00. The van der Waals surface area contributed by atoms with Crippen LogP contribution in [0.25, 0.3) is 11.0 Å². The Bertz CT molecular complexity index is 558. The summed E-state index contributed by atoms with van der Waals surface area (Å²) in [5.74, 6) is 0.0142. The van der Waals surface area contributed by atoms with Crippen molar-refractivity contribution in [1.29, 1.82) is 0 Å². The second-order valence-electron chi connectivity index (χ2n) is 4.15. The summed E-state index contributed by atoms with van der Waals surface area (Å²) in [6, 6.07) is 5.52. The van der Waals surface area contributed by atoms with Gasteiger partial charge in [0.05, 0.1) is 17.5 Å². The molecule has 0 amide bonds. The Morgan fingerprint density at radius 3 is 2.72 bits per heavy atom. The number of aliphatic carboxylic acids is 1. The highest BCUT2D eigenvalue weighted by molar-refractivity contribution is 5.80. The molecule has 1 heterocycles. The lowest BCUT2D eigenvalue weighted by atomic mass is 10.1. The average molecular weight is 247 g/mol. The highest BCUT2D eigenvalue weighted by Crippen LogP contribution is 2.18. The summed E-state index contributed by atoms with van der Waals surface area (Å²) in [4.78, 5) is 20.5. The van der Waals surface area contributed by atoms with Crippen LogP contribution in [0.4, 0.5) is 5.95 Å². The molecule has 0 aliphatic rings. The minimum atomic E-state index is -0.821. The van der Waals surface area contributed by atoms with Gasteiger partial charge in [-0.3, -0.25) is 4.79 Å². The van der Waals surface area contributed by atoms with Gasteiger partial charge in [0.1, 0.15) is 0 Å². The number of hydrogen-bond donors (Lipinski definition) is 2. The third-order valence-corrected chi connectivity index (χ3v) is 2.95. The molecule has 2 rings (SSSR count). The Hall–Kier alpha value is -2.04. The molecule has 0 bridgehead atoms. The number of nitrogens with zero attached hydrogens (tertiary/aromatic N) is 2. The number of carboxylic acids is 1. The highest BCUT2D eigenvalue weighted by Gasteiger charge is 2.09. The first kappa shape index (κ1) is 12.4. The molecule has 0 aliphatic heterocycles. The van der Waals surface area contributed by atoms with Crippen molar-refractivity contribution < 1.29 is 9.90 Å². The van der Waals surface area contributed by atoms with Gasteiger partial charge in [-0.1, -0.05) is 6.07 Å². The van der Waals surface area contributed by atoms with Crippen LogP contribution < -0.4 is 4.90 Å². The lowest BCUT2D eigenvalue weighted by molar-refractivity contribution is -0.136. The molecule has 0 fully saturated rings. The summed E-state index contributed by atoms with van der Waals surface area (Å²) in [7, 11) is 0. The van der Waals surface area contributed by atoms with Crippen molar-refractivity contribution in [2.75, 3.05) is 18.0 Å². The molecule has 0 aliphatic carbocycles. The zero-order valence-corrected chi connectivity index (χ0v) is 10.6. The van der Waals surface area contributed by atoms with Gasteiger partial charge < -0.3 is 15.0 Å². The van der Waals surface area contributed by atoms with E-state index in [1.165, 1.54) is 0 Å². The van der Waals surface area contributed by atoms with Gasteiger partial charge in [0.15, 0.2) is 0 Å². The standard InChI is InChI=1S/C13H17N3O2/c1-3-16(4-2)13-14-10-6-5-9(8-12(17)18)7-11(10)15-13/h5-7H,3-4,8H2,1-2H3,(H,14,15)(H,17,18). The molecule has 0 radical (unpaired) electrons. The second kappa shape index (κ2) is 5.08. The molecule has 0 atom stereocenters. The first-order chi connectivity index (χ1) is 8.63. The summed E-state index contributed by atoms with van der Waals surface area (Å²) in [6.45, 7) is 5.93. The van der Waals surface area contributed by atoms with Crippen LogP contribution in [0.2, 0.25) is 0 Å². The van der Waals surface area contributed by atoms with E-state index < -0.39 is 5.97 Å². The molecule has 5 nitrogen and oxygen atoms in total. The number of carboxylic acid groups (broad SMARTS) is 1. The van der Waals surface area contributed by atoms with Gasteiger partial charge >= 0.3 is 5.97 Å². The van der Waals surface area contributed by atoms with Crippen LogP contribution in [0, 0.1) is 0 Å². The Morgan fingerprint density at radius 1 is 1.39 bits per heavy atom. The van der Waals surface area contributed by atoms with Gasteiger partial charge in [-0.25, -0.2) is 4.98 Å². The van der Waals surface area contributed by atoms with Crippen molar-refractivity contribution in [3.8, 4) is 0 Å². The molecule has 1 aromatic carbocycles. The van der Waals surface area contributed by atoms with Crippen molar-refractivity contribution in [2.24, 2.45) is 0 Å². The van der Waals surface area contributed by atoms with Crippen LogP contribution in [0.15, 0.2) is 18.2 Å². The summed E-state index contributed by atoms with van der Waals surface area (Å²) in [5, 5.41) is 8.77. The Kier molecular flexibility index (Phi) is 3.50. The lowest BCUT2D eigenvalue weighted by Gasteiger charge is -2.16. The van der Waals surface area contributed by atoms with Crippen LogP contribution in [0.5, 0.6) is 0 Å².